The number of aliphatic imine (C=N–C) groups is 2. The van der Waals surface area contributed by atoms with Crippen molar-refractivity contribution in [1.82, 2.24) is 9.97 Å². The summed E-state index contributed by atoms with van der Waals surface area (Å²) in [7, 11) is 0. The van der Waals surface area contributed by atoms with Gasteiger partial charge in [0.2, 0.25) is 0 Å². The molecule has 9 aromatic rings. The summed E-state index contributed by atoms with van der Waals surface area (Å²) in [6.45, 7) is 27.2. The minimum atomic E-state index is -0.0825. The van der Waals surface area contributed by atoms with Crippen LogP contribution in [0.2, 0.25) is 0 Å². The maximum absolute atomic E-state index is 5.30. The fraction of sp³-hybridized carbons (Fsp3) is 0.267. The first-order chi connectivity index (χ1) is 30.2. The van der Waals surface area contributed by atoms with E-state index in [1.807, 2.05) is 12.4 Å². The van der Waals surface area contributed by atoms with Gasteiger partial charge in [-0.25, -0.2) is 0 Å². The SMILES string of the molecule is CC(C)(C)c1ccc(-c2ccc(C=Nc3cccc4c3[n-]c3c4ccc4c5cccc(N=Cc6ccc(-c7ccc(C(C)(C)C)cc7)cc6C(C)(C)C)c5[n-]c43)c(C(C)(C)C)c2)cc1.[Pt+2]. The zero-order valence-corrected chi connectivity index (χ0v) is 42.2. The van der Waals surface area contributed by atoms with Gasteiger partial charge in [-0.3, -0.25) is 9.98 Å². The monoisotopic (exact) mass is 1030 g/mol. The molecule has 4 nitrogen and oxygen atoms in total. The standard InChI is InChI=1S/C60H60N4.Pt/c1-57(2,3)43-27-23-37(24-28-43)39-19-21-41(49(33-39)59(7,8)9)35-61-51-17-13-15-45-47-31-32-48-46-16-14-18-52(54(46)64-56(48)55(47)63-53(45)51)62-36-42-22-20-40(34-50(42)60(10,11)12)38-25-29-44(30-26-38)58(4,5)6;/h13-36H,1-12H3;/q-2;+2. The fourth-order valence-corrected chi connectivity index (χ4v) is 9.00. The second kappa shape index (κ2) is 16.9. The molecule has 0 amide bonds. The minimum Gasteiger partial charge on any atom is -0.656 e. The molecule has 7 aromatic carbocycles. The summed E-state index contributed by atoms with van der Waals surface area (Å²) in [6, 6.07) is 48.5. The molecule has 0 spiro atoms. The van der Waals surface area contributed by atoms with Crippen LogP contribution in [0.5, 0.6) is 0 Å². The Morgan fingerprint density at radius 1 is 0.354 bits per heavy atom. The number of rotatable bonds is 6. The molecule has 2 heterocycles. The quantitative estimate of drug-likeness (QED) is 0.156. The van der Waals surface area contributed by atoms with Gasteiger partial charge in [0.15, 0.2) is 0 Å². The topological polar surface area (TPSA) is 52.9 Å². The van der Waals surface area contributed by atoms with Gasteiger partial charge in [-0.1, -0.05) is 192 Å². The van der Waals surface area contributed by atoms with E-state index in [-0.39, 0.29) is 42.7 Å². The molecule has 0 unspecified atom stereocenters. The molecular weight excluding hydrogens is 972 g/mol. The van der Waals surface area contributed by atoms with Crippen LogP contribution in [0.1, 0.15) is 116 Å². The molecule has 0 aliphatic heterocycles. The van der Waals surface area contributed by atoms with Crippen molar-refractivity contribution in [3.8, 4) is 22.3 Å². The normalized spacial score (nSPS) is 13.0. The number of nitrogens with zero attached hydrogens (tertiary/aromatic N) is 4. The van der Waals surface area contributed by atoms with E-state index in [4.69, 9.17) is 20.0 Å². The average Bonchev–Trinajstić information content (AvgIpc) is 3.83. The Bertz CT molecular complexity index is 3050. The van der Waals surface area contributed by atoms with Gasteiger partial charge in [0, 0.05) is 23.8 Å². The van der Waals surface area contributed by atoms with Gasteiger partial charge in [-0.2, -0.15) is 0 Å². The Labute approximate surface area is 400 Å². The van der Waals surface area contributed by atoms with Crippen LogP contribution in [0.4, 0.5) is 11.4 Å². The number of aromatic nitrogens is 2. The molecular formula is C60H60N4Pt. The molecule has 330 valence electrons. The van der Waals surface area contributed by atoms with E-state index < -0.39 is 0 Å². The molecule has 0 saturated carbocycles. The molecule has 0 atom stereocenters. The Morgan fingerprint density at radius 3 is 1.03 bits per heavy atom. The Morgan fingerprint density at radius 2 is 0.692 bits per heavy atom. The molecule has 0 radical (unpaired) electrons. The number of fused-ring (bicyclic) bond motifs is 7. The molecule has 0 aliphatic carbocycles. The number of hydrogen-bond acceptors (Lipinski definition) is 2. The number of benzene rings is 7. The summed E-state index contributed by atoms with van der Waals surface area (Å²) in [5, 5.41) is 4.30. The molecule has 5 heteroatoms. The van der Waals surface area contributed by atoms with Gasteiger partial charge >= 0.3 is 21.1 Å². The third-order valence-electron chi connectivity index (χ3n) is 12.8. The van der Waals surface area contributed by atoms with Gasteiger partial charge in [-0.15, -0.1) is 22.1 Å². The maximum Gasteiger partial charge on any atom is 2.00 e. The average molecular weight is 1030 g/mol. The van der Waals surface area contributed by atoms with Crippen LogP contribution in [0, 0.1) is 0 Å². The predicted octanol–water partition coefficient (Wildman–Crippen LogP) is 16.2. The van der Waals surface area contributed by atoms with Crippen molar-refractivity contribution in [3.63, 3.8) is 0 Å². The van der Waals surface area contributed by atoms with Crippen molar-refractivity contribution in [2.24, 2.45) is 9.98 Å². The summed E-state index contributed by atoms with van der Waals surface area (Å²) in [6.07, 6.45) is 4.03. The summed E-state index contributed by atoms with van der Waals surface area (Å²) in [4.78, 5) is 20.9. The van der Waals surface area contributed by atoms with Gasteiger partial charge in [0.1, 0.15) is 0 Å². The van der Waals surface area contributed by atoms with Crippen LogP contribution in [0.3, 0.4) is 0 Å². The molecule has 2 aromatic heterocycles. The molecule has 0 N–H and O–H groups in total. The minimum absolute atomic E-state index is 0. The van der Waals surface area contributed by atoms with Gasteiger partial charge in [-0.05, 0) is 123 Å². The second-order valence-electron chi connectivity index (χ2n) is 21.7. The number of para-hydroxylation sites is 2. The van der Waals surface area contributed by atoms with Crippen molar-refractivity contribution in [2.75, 3.05) is 0 Å². The maximum atomic E-state index is 5.30. The predicted molar refractivity (Wildman–Crippen MR) is 276 cm³/mol. The first-order valence-electron chi connectivity index (χ1n) is 22.7. The van der Waals surface area contributed by atoms with Crippen molar-refractivity contribution >= 4 is 67.4 Å². The van der Waals surface area contributed by atoms with Gasteiger partial charge < -0.3 is 9.97 Å². The van der Waals surface area contributed by atoms with E-state index in [0.717, 1.165) is 66.1 Å². The van der Waals surface area contributed by atoms with Crippen LogP contribution in [-0.2, 0) is 42.7 Å². The molecule has 65 heavy (non-hydrogen) atoms. The molecule has 9 rings (SSSR count). The zero-order valence-electron chi connectivity index (χ0n) is 40.0. The summed E-state index contributed by atoms with van der Waals surface area (Å²) in [5.41, 5.74) is 17.5. The van der Waals surface area contributed by atoms with Crippen LogP contribution in [0.15, 0.2) is 143 Å². The molecule has 0 aliphatic rings. The summed E-state index contributed by atoms with van der Waals surface area (Å²) < 4.78 is 0. The molecule has 0 bridgehead atoms. The van der Waals surface area contributed by atoms with E-state index in [0.29, 0.717) is 0 Å². The summed E-state index contributed by atoms with van der Waals surface area (Å²) >= 11 is 0. The Balaban J connectivity index is 0.00000576. The number of hydrogen-bond donors (Lipinski definition) is 0. The van der Waals surface area contributed by atoms with E-state index in [9.17, 15) is 0 Å². The van der Waals surface area contributed by atoms with Gasteiger partial charge in [0.25, 0.3) is 0 Å². The molecule has 0 fully saturated rings. The van der Waals surface area contributed by atoms with E-state index in [2.05, 4.69) is 217 Å². The smallest absolute Gasteiger partial charge is 0.656 e. The van der Waals surface area contributed by atoms with Crippen LogP contribution in [0.25, 0.3) is 65.9 Å². The van der Waals surface area contributed by atoms with Crippen molar-refractivity contribution in [3.05, 3.63) is 167 Å². The van der Waals surface area contributed by atoms with Crippen molar-refractivity contribution in [1.29, 1.82) is 0 Å². The Hall–Kier alpha value is -5.83. The van der Waals surface area contributed by atoms with Gasteiger partial charge in [0.05, 0.1) is 0 Å². The van der Waals surface area contributed by atoms with E-state index in [1.165, 1.54) is 44.5 Å². The zero-order chi connectivity index (χ0) is 45.3. The van der Waals surface area contributed by atoms with Crippen LogP contribution < -0.4 is 9.97 Å². The fourth-order valence-electron chi connectivity index (χ4n) is 9.00. The summed E-state index contributed by atoms with van der Waals surface area (Å²) in [5.74, 6) is 0. The second-order valence-corrected chi connectivity index (χ2v) is 21.7. The van der Waals surface area contributed by atoms with Crippen molar-refractivity contribution in [2.45, 2.75) is 105 Å². The van der Waals surface area contributed by atoms with E-state index in [1.54, 1.807) is 0 Å². The largest absolute Gasteiger partial charge is 2.00 e. The van der Waals surface area contributed by atoms with Crippen LogP contribution in [-0.4, -0.2) is 12.4 Å². The van der Waals surface area contributed by atoms with E-state index >= 15 is 0 Å². The first kappa shape index (κ1) is 45.7. The first-order valence-corrected chi connectivity index (χ1v) is 22.7. The van der Waals surface area contributed by atoms with Crippen molar-refractivity contribution < 1.29 is 21.1 Å². The Kier molecular flexibility index (Phi) is 11.9. The third kappa shape index (κ3) is 8.95. The third-order valence-corrected chi connectivity index (χ3v) is 12.8. The van der Waals surface area contributed by atoms with Crippen LogP contribution >= 0.6 is 0 Å². The molecule has 0 saturated heterocycles.